The highest BCUT2D eigenvalue weighted by Crippen LogP contribution is 2.40. The van der Waals surface area contributed by atoms with E-state index in [-0.39, 0.29) is 18.8 Å². The van der Waals surface area contributed by atoms with Gasteiger partial charge in [0.15, 0.2) is 0 Å². The fourth-order valence-corrected chi connectivity index (χ4v) is 1.43. The molecule has 0 aromatic heterocycles. The second-order valence-electron chi connectivity index (χ2n) is 3.02. The number of hydrogen-bond donors (Lipinski definition) is 1. The van der Waals surface area contributed by atoms with Gasteiger partial charge in [-0.2, -0.15) is 0 Å². The number of rotatable bonds is 3. The van der Waals surface area contributed by atoms with Crippen molar-refractivity contribution in [2.24, 2.45) is 0 Å². The lowest BCUT2D eigenvalue weighted by molar-refractivity contribution is 0.262. The zero-order valence-corrected chi connectivity index (χ0v) is 6.81. The molecule has 0 unspecified atom stereocenters. The van der Waals surface area contributed by atoms with Crippen molar-refractivity contribution in [3.63, 3.8) is 0 Å². The lowest BCUT2D eigenvalue weighted by Crippen LogP contribution is -1.92. The Kier molecular flexibility index (Phi) is 2.11. The summed E-state index contributed by atoms with van der Waals surface area (Å²) in [5.41, 5.74) is 1.22. The molecule has 1 aromatic rings. The van der Waals surface area contributed by atoms with Crippen molar-refractivity contribution in [1.82, 2.24) is 0 Å². The van der Waals surface area contributed by atoms with E-state index >= 15 is 0 Å². The van der Waals surface area contributed by atoms with Crippen LogP contribution in [0, 0.1) is 0 Å². The summed E-state index contributed by atoms with van der Waals surface area (Å²) in [5, 5.41) is 8.66. The third kappa shape index (κ3) is 1.49. The van der Waals surface area contributed by atoms with E-state index in [0.29, 0.717) is 0 Å². The predicted octanol–water partition coefficient (Wildman–Crippen LogP) is 1.51. The largest absolute Gasteiger partial charge is 0.396 e. The van der Waals surface area contributed by atoms with Crippen LogP contribution in [0.15, 0.2) is 30.3 Å². The molecule has 1 heterocycles. The second kappa shape index (κ2) is 3.25. The minimum absolute atomic E-state index is 0.216. The van der Waals surface area contributed by atoms with Crippen LogP contribution in [0.3, 0.4) is 0 Å². The van der Waals surface area contributed by atoms with Crippen molar-refractivity contribution in [3.05, 3.63) is 35.9 Å². The van der Waals surface area contributed by atoms with Gasteiger partial charge < -0.3 is 9.84 Å². The van der Waals surface area contributed by atoms with Crippen LogP contribution in [-0.4, -0.2) is 17.8 Å². The minimum Gasteiger partial charge on any atom is -0.396 e. The second-order valence-corrected chi connectivity index (χ2v) is 3.02. The van der Waals surface area contributed by atoms with Gasteiger partial charge in [0.1, 0.15) is 6.10 Å². The van der Waals surface area contributed by atoms with Gasteiger partial charge in [0.25, 0.3) is 0 Å². The topological polar surface area (TPSA) is 32.8 Å². The number of aliphatic hydroxyl groups is 1. The number of epoxide rings is 1. The predicted molar refractivity (Wildman–Crippen MR) is 45.8 cm³/mol. The van der Waals surface area contributed by atoms with Gasteiger partial charge in [-0.1, -0.05) is 30.3 Å². The van der Waals surface area contributed by atoms with Crippen molar-refractivity contribution in [2.45, 2.75) is 18.6 Å². The first-order valence-corrected chi connectivity index (χ1v) is 4.23. The molecule has 2 nitrogen and oxygen atoms in total. The molecule has 1 N–H and O–H groups in total. The first-order chi connectivity index (χ1) is 5.92. The minimum atomic E-state index is 0.216. The normalized spacial score (nSPS) is 27.1. The molecule has 1 aromatic carbocycles. The summed E-state index contributed by atoms with van der Waals surface area (Å²) in [7, 11) is 0. The Balaban J connectivity index is 1.97. The molecule has 2 heteroatoms. The Morgan fingerprint density at radius 1 is 1.25 bits per heavy atom. The summed E-state index contributed by atoms with van der Waals surface area (Å²) in [5.74, 6) is 0. The number of benzene rings is 1. The van der Waals surface area contributed by atoms with Crippen LogP contribution >= 0.6 is 0 Å². The third-order valence-electron chi connectivity index (χ3n) is 2.12. The van der Waals surface area contributed by atoms with Gasteiger partial charge in [0.05, 0.1) is 6.10 Å². The van der Waals surface area contributed by atoms with Crippen molar-refractivity contribution in [2.75, 3.05) is 6.61 Å². The van der Waals surface area contributed by atoms with Crippen molar-refractivity contribution in [1.29, 1.82) is 0 Å². The van der Waals surface area contributed by atoms with Crippen molar-refractivity contribution < 1.29 is 9.84 Å². The van der Waals surface area contributed by atoms with E-state index in [1.165, 1.54) is 5.56 Å². The SMILES string of the molecule is OCC[C@@H]1O[C@@H]1c1ccccc1. The third-order valence-corrected chi connectivity index (χ3v) is 2.12. The average Bonchev–Trinajstić information content (AvgIpc) is 2.87. The average molecular weight is 164 g/mol. The van der Waals surface area contributed by atoms with Crippen LogP contribution < -0.4 is 0 Å². The van der Waals surface area contributed by atoms with Gasteiger partial charge in [0.2, 0.25) is 0 Å². The van der Waals surface area contributed by atoms with E-state index in [9.17, 15) is 0 Å². The zero-order chi connectivity index (χ0) is 8.39. The Morgan fingerprint density at radius 3 is 2.67 bits per heavy atom. The summed E-state index contributed by atoms with van der Waals surface area (Å²) in [6.07, 6.45) is 1.23. The number of hydrogen-bond acceptors (Lipinski definition) is 2. The molecule has 1 aliphatic rings. The Hall–Kier alpha value is -0.860. The first kappa shape index (κ1) is 7.77. The molecule has 0 amide bonds. The molecular formula is C10H12O2. The van der Waals surface area contributed by atoms with Gasteiger partial charge in [-0.3, -0.25) is 0 Å². The molecule has 64 valence electrons. The van der Waals surface area contributed by atoms with E-state index in [1.807, 2.05) is 18.2 Å². The van der Waals surface area contributed by atoms with Gasteiger partial charge in [-0.05, 0) is 12.0 Å². The summed E-state index contributed by atoms with van der Waals surface area (Å²) in [6.45, 7) is 0.216. The van der Waals surface area contributed by atoms with Gasteiger partial charge in [-0.25, -0.2) is 0 Å². The first-order valence-electron chi connectivity index (χ1n) is 4.23. The maximum Gasteiger partial charge on any atom is 0.109 e. The molecule has 0 aliphatic carbocycles. The van der Waals surface area contributed by atoms with E-state index in [0.717, 1.165) is 6.42 Å². The molecule has 1 fully saturated rings. The highest BCUT2D eigenvalue weighted by Gasteiger charge is 2.38. The van der Waals surface area contributed by atoms with E-state index < -0.39 is 0 Å². The molecule has 0 radical (unpaired) electrons. The van der Waals surface area contributed by atoms with Crippen LogP contribution in [0.5, 0.6) is 0 Å². The van der Waals surface area contributed by atoms with Crippen LogP contribution in [0.2, 0.25) is 0 Å². The molecule has 0 saturated carbocycles. The summed E-state index contributed by atoms with van der Waals surface area (Å²) in [6, 6.07) is 10.1. The molecule has 2 atom stereocenters. The van der Waals surface area contributed by atoms with Gasteiger partial charge >= 0.3 is 0 Å². The molecule has 2 rings (SSSR count). The van der Waals surface area contributed by atoms with E-state index in [2.05, 4.69) is 12.1 Å². The molecule has 0 bridgehead atoms. The number of aliphatic hydroxyl groups excluding tert-OH is 1. The van der Waals surface area contributed by atoms with E-state index in [4.69, 9.17) is 9.84 Å². The van der Waals surface area contributed by atoms with Crippen LogP contribution in [0.25, 0.3) is 0 Å². The smallest absolute Gasteiger partial charge is 0.109 e. The van der Waals surface area contributed by atoms with Gasteiger partial charge in [-0.15, -0.1) is 0 Å². The lowest BCUT2D eigenvalue weighted by atomic mass is 10.1. The fourth-order valence-electron chi connectivity index (χ4n) is 1.43. The summed E-state index contributed by atoms with van der Waals surface area (Å²) in [4.78, 5) is 0. The summed E-state index contributed by atoms with van der Waals surface area (Å²) >= 11 is 0. The van der Waals surface area contributed by atoms with Gasteiger partial charge in [0, 0.05) is 6.61 Å². The van der Waals surface area contributed by atoms with Crippen LogP contribution in [-0.2, 0) is 4.74 Å². The monoisotopic (exact) mass is 164 g/mol. The van der Waals surface area contributed by atoms with Crippen LogP contribution in [0.1, 0.15) is 18.1 Å². The lowest BCUT2D eigenvalue weighted by Gasteiger charge is -1.92. The van der Waals surface area contributed by atoms with Crippen LogP contribution in [0.4, 0.5) is 0 Å². The Labute approximate surface area is 71.8 Å². The Morgan fingerprint density at radius 2 is 2.00 bits per heavy atom. The maximum atomic E-state index is 8.66. The van der Waals surface area contributed by atoms with Crippen molar-refractivity contribution in [3.8, 4) is 0 Å². The van der Waals surface area contributed by atoms with E-state index in [1.54, 1.807) is 0 Å². The zero-order valence-electron chi connectivity index (χ0n) is 6.81. The Bertz CT molecular complexity index is 245. The highest BCUT2D eigenvalue weighted by molar-refractivity contribution is 5.22. The molecule has 1 aliphatic heterocycles. The molecular weight excluding hydrogens is 152 g/mol. The maximum absolute atomic E-state index is 8.66. The molecule has 0 spiro atoms. The summed E-state index contributed by atoms with van der Waals surface area (Å²) < 4.78 is 5.38. The standard InChI is InChI=1S/C10H12O2/c11-7-6-9-10(12-9)8-4-2-1-3-5-8/h1-5,9-11H,6-7H2/t9-,10+/m0/s1. The fraction of sp³-hybridized carbons (Fsp3) is 0.400. The molecule has 12 heavy (non-hydrogen) atoms. The highest BCUT2D eigenvalue weighted by atomic mass is 16.6. The number of ether oxygens (including phenoxy) is 1. The quantitative estimate of drug-likeness (QED) is 0.687. The van der Waals surface area contributed by atoms with Crippen molar-refractivity contribution >= 4 is 0 Å². The molecule has 1 saturated heterocycles.